The molecule has 0 bridgehead atoms. The van der Waals surface area contributed by atoms with E-state index in [9.17, 15) is 14.9 Å². The van der Waals surface area contributed by atoms with Crippen molar-refractivity contribution in [1.82, 2.24) is 0 Å². The fraction of sp³-hybridized carbons (Fsp3) is 0.0714. The molecular weight excluding hydrogens is 301 g/mol. The van der Waals surface area contributed by atoms with Crippen molar-refractivity contribution >= 4 is 34.7 Å². The average molecular weight is 310 g/mol. The van der Waals surface area contributed by atoms with E-state index >= 15 is 0 Å². The first-order valence-electron chi connectivity index (χ1n) is 5.65. The number of nitro groups is 1. The van der Waals surface area contributed by atoms with Gasteiger partial charge in [0, 0.05) is 23.3 Å². The van der Waals surface area contributed by atoms with Gasteiger partial charge in [0.2, 0.25) is 0 Å². The second kappa shape index (κ2) is 5.61. The summed E-state index contributed by atoms with van der Waals surface area (Å²) in [6.45, 7) is 1.46. The van der Waals surface area contributed by atoms with E-state index in [1.807, 2.05) is 0 Å². The second-order valence-corrected chi connectivity index (χ2v) is 4.99. The van der Waals surface area contributed by atoms with Gasteiger partial charge >= 0.3 is 0 Å². The zero-order valence-corrected chi connectivity index (χ0v) is 11.9. The lowest BCUT2D eigenvalue weighted by atomic mass is 10.0. The highest BCUT2D eigenvalue weighted by molar-refractivity contribution is 6.39. The summed E-state index contributed by atoms with van der Waals surface area (Å²) in [5, 5.41) is 11.1. The van der Waals surface area contributed by atoms with Crippen LogP contribution in [0, 0.1) is 10.1 Å². The lowest BCUT2D eigenvalue weighted by Crippen LogP contribution is -1.93. The summed E-state index contributed by atoms with van der Waals surface area (Å²) in [7, 11) is 0. The second-order valence-electron chi connectivity index (χ2n) is 4.18. The highest BCUT2D eigenvalue weighted by Crippen LogP contribution is 2.38. The SMILES string of the molecule is CC(=O)c1cccc(-c2c(Cl)cc([N+](=O)[O-])cc2Cl)c1. The van der Waals surface area contributed by atoms with Crippen LogP contribution in [0.15, 0.2) is 36.4 Å². The van der Waals surface area contributed by atoms with Gasteiger partial charge in [-0.2, -0.15) is 0 Å². The minimum absolute atomic E-state index is 0.0824. The number of carbonyl (C=O) groups is 1. The van der Waals surface area contributed by atoms with Gasteiger partial charge in [0.1, 0.15) is 0 Å². The predicted octanol–water partition coefficient (Wildman–Crippen LogP) is 4.77. The van der Waals surface area contributed by atoms with Crippen molar-refractivity contribution < 1.29 is 9.72 Å². The molecule has 0 heterocycles. The molecular formula is C14H9Cl2NO3. The third kappa shape index (κ3) is 2.81. The zero-order valence-electron chi connectivity index (χ0n) is 10.4. The molecule has 102 valence electrons. The number of nitro benzene ring substituents is 1. The largest absolute Gasteiger partial charge is 0.295 e. The fourth-order valence-corrected chi connectivity index (χ4v) is 2.53. The molecule has 0 N–H and O–H groups in total. The molecule has 0 radical (unpaired) electrons. The van der Waals surface area contributed by atoms with E-state index in [4.69, 9.17) is 23.2 Å². The highest BCUT2D eigenvalue weighted by atomic mass is 35.5. The molecule has 0 saturated carbocycles. The van der Waals surface area contributed by atoms with Crippen LogP contribution in [0.2, 0.25) is 10.0 Å². The normalized spacial score (nSPS) is 10.3. The van der Waals surface area contributed by atoms with Crippen LogP contribution in [0.3, 0.4) is 0 Å². The van der Waals surface area contributed by atoms with Crippen molar-refractivity contribution in [3.8, 4) is 11.1 Å². The summed E-state index contributed by atoms with van der Waals surface area (Å²) in [5.41, 5.74) is 1.46. The molecule has 0 aliphatic heterocycles. The van der Waals surface area contributed by atoms with Gasteiger partial charge in [-0.05, 0) is 18.6 Å². The Morgan fingerprint density at radius 1 is 1.15 bits per heavy atom. The van der Waals surface area contributed by atoms with Crippen molar-refractivity contribution in [3.05, 3.63) is 62.1 Å². The minimum atomic E-state index is -0.562. The molecule has 0 aliphatic rings. The standard InChI is InChI=1S/C14H9Cl2NO3/c1-8(18)9-3-2-4-10(5-9)14-12(15)6-11(17(19)20)7-13(14)16/h2-7H,1H3. The van der Waals surface area contributed by atoms with Crippen LogP contribution >= 0.6 is 23.2 Å². The summed E-state index contributed by atoms with van der Waals surface area (Å²) in [4.78, 5) is 21.6. The Kier molecular flexibility index (Phi) is 4.06. The Hall–Kier alpha value is -1.91. The number of Topliss-reactive ketones (excluding diaryl/α,β-unsaturated/α-hetero) is 1. The maximum atomic E-state index is 11.4. The van der Waals surface area contributed by atoms with Gasteiger partial charge < -0.3 is 0 Å². The van der Waals surface area contributed by atoms with Gasteiger partial charge in [-0.25, -0.2) is 0 Å². The number of ketones is 1. The molecule has 20 heavy (non-hydrogen) atoms. The lowest BCUT2D eigenvalue weighted by Gasteiger charge is -2.08. The van der Waals surface area contributed by atoms with E-state index < -0.39 is 4.92 Å². The first kappa shape index (κ1) is 14.5. The molecule has 0 amide bonds. The molecule has 0 aliphatic carbocycles. The molecule has 0 spiro atoms. The Morgan fingerprint density at radius 2 is 1.75 bits per heavy atom. The van der Waals surface area contributed by atoms with Crippen molar-refractivity contribution in [2.45, 2.75) is 6.92 Å². The Labute approximate surface area is 125 Å². The molecule has 0 atom stereocenters. The van der Waals surface area contributed by atoms with Crippen LogP contribution in [-0.4, -0.2) is 10.7 Å². The van der Waals surface area contributed by atoms with E-state index in [1.165, 1.54) is 19.1 Å². The average Bonchev–Trinajstić information content (AvgIpc) is 2.38. The predicted molar refractivity (Wildman–Crippen MR) is 78.6 cm³/mol. The highest BCUT2D eigenvalue weighted by Gasteiger charge is 2.16. The van der Waals surface area contributed by atoms with Gasteiger partial charge in [0.05, 0.1) is 15.0 Å². The molecule has 4 nitrogen and oxygen atoms in total. The Bertz CT molecular complexity index is 690. The fourth-order valence-electron chi connectivity index (χ4n) is 1.83. The Morgan fingerprint density at radius 3 is 2.25 bits per heavy atom. The first-order chi connectivity index (χ1) is 9.40. The molecule has 2 aromatic rings. The van der Waals surface area contributed by atoms with Crippen LogP contribution in [0.5, 0.6) is 0 Å². The number of carbonyl (C=O) groups excluding carboxylic acids is 1. The van der Waals surface area contributed by atoms with Crippen LogP contribution in [0.1, 0.15) is 17.3 Å². The number of benzene rings is 2. The molecule has 0 aromatic heterocycles. The minimum Gasteiger partial charge on any atom is -0.295 e. The smallest absolute Gasteiger partial charge is 0.272 e. The van der Waals surface area contributed by atoms with E-state index in [2.05, 4.69) is 0 Å². The van der Waals surface area contributed by atoms with Crippen LogP contribution in [0.25, 0.3) is 11.1 Å². The maximum absolute atomic E-state index is 11.4. The van der Waals surface area contributed by atoms with E-state index in [-0.39, 0.29) is 21.5 Å². The molecule has 2 aromatic carbocycles. The number of halogens is 2. The van der Waals surface area contributed by atoms with Crippen LogP contribution in [-0.2, 0) is 0 Å². The molecule has 0 fully saturated rings. The van der Waals surface area contributed by atoms with Crippen molar-refractivity contribution in [3.63, 3.8) is 0 Å². The quantitative estimate of drug-likeness (QED) is 0.466. The number of hydrogen-bond donors (Lipinski definition) is 0. The summed E-state index contributed by atoms with van der Waals surface area (Å²) in [6.07, 6.45) is 0. The number of non-ortho nitro benzene ring substituents is 1. The summed E-state index contributed by atoms with van der Waals surface area (Å²) in [5.74, 6) is -0.0824. The summed E-state index contributed by atoms with van der Waals surface area (Å²) in [6, 6.07) is 9.26. The number of nitrogens with zero attached hydrogens (tertiary/aromatic N) is 1. The number of hydrogen-bond acceptors (Lipinski definition) is 3. The van der Waals surface area contributed by atoms with Gasteiger partial charge in [-0.3, -0.25) is 14.9 Å². The first-order valence-corrected chi connectivity index (χ1v) is 6.40. The topological polar surface area (TPSA) is 60.2 Å². The monoisotopic (exact) mass is 309 g/mol. The Balaban J connectivity index is 2.61. The lowest BCUT2D eigenvalue weighted by molar-refractivity contribution is -0.384. The van der Waals surface area contributed by atoms with Crippen molar-refractivity contribution in [2.24, 2.45) is 0 Å². The number of rotatable bonds is 3. The van der Waals surface area contributed by atoms with Gasteiger partial charge in [0.25, 0.3) is 5.69 Å². The van der Waals surface area contributed by atoms with Crippen LogP contribution < -0.4 is 0 Å². The van der Waals surface area contributed by atoms with Crippen molar-refractivity contribution in [2.75, 3.05) is 0 Å². The van der Waals surface area contributed by atoms with E-state index in [0.717, 1.165) is 0 Å². The molecule has 0 saturated heterocycles. The third-order valence-electron chi connectivity index (χ3n) is 2.80. The van der Waals surface area contributed by atoms with Gasteiger partial charge in [-0.1, -0.05) is 41.4 Å². The van der Waals surface area contributed by atoms with Crippen molar-refractivity contribution in [1.29, 1.82) is 0 Å². The zero-order chi connectivity index (χ0) is 14.9. The molecule has 2 rings (SSSR count). The van der Waals surface area contributed by atoms with E-state index in [0.29, 0.717) is 16.7 Å². The summed E-state index contributed by atoms with van der Waals surface area (Å²) >= 11 is 12.1. The van der Waals surface area contributed by atoms with E-state index in [1.54, 1.807) is 24.3 Å². The van der Waals surface area contributed by atoms with Crippen LogP contribution in [0.4, 0.5) is 5.69 Å². The van der Waals surface area contributed by atoms with Gasteiger partial charge in [0.15, 0.2) is 5.78 Å². The molecule has 6 heteroatoms. The van der Waals surface area contributed by atoms with Gasteiger partial charge in [-0.15, -0.1) is 0 Å². The summed E-state index contributed by atoms with van der Waals surface area (Å²) < 4.78 is 0. The maximum Gasteiger partial charge on any atom is 0.272 e. The third-order valence-corrected chi connectivity index (χ3v) is 3.39. The molecule has 0 unspecified atom stereocenters.